The molecule has 92 valence electrons. The van der Waals surface area contributed by atoms with E-state index in [1.54, 1.807) is 0 Å². The Bertz CT molecular complexity index is 312. The Morgan fingerprint density at radius 2 is 1.94 bits per heavy atom. The van der Waals surface area contributed by atoms with Gasteiger partial charge in [0.25, 0.3) is 0 Å². The van der Waals surface area contributed by atoms with Crippen LogP contribution in [0.25, 0.3) is 0 Å². The summed E-state index contributed by atoms with van der Waals surface area (Å²) < 4.78 is 0. The third-order valence-electron chi connectivity index (χ3n) is 2.87. The molecule has 2 N–H and O–H groups in total. The SMILES string of the molecule is Cc1n[nH]c(C)c1CN(CC(C)O)C(C)C. The minimum absolute atomic E-state index is 0.296. The molecule has 1 atom stereocenters. The van der Waals surface area contributed by atoms with Crippen molar-refractivity contribution in [3.63, 3.8) is 0 Å². The van der Waals surface area contributed by atoms with E-state index in [4.69, 9.17) is 0 Å². The second-order valence-electron chi connectivity index (χ2n) is 4.78. The Labute approximate surface area is 97.7 Å². The van der Waals surface area contributed by atoms with Gasteiger partial charge >= 0.3 is 0 Å². The predicted octanol–water partition coefficient (Wildman–Crippen LogP) is 1.62. The fourth-order valence-electron chi connectivity index (χ4n) is 1.81. The molecule has 0 saturated carbocycles. The van der Waals surface area contributed by atoms with E-state index in [-0.39, 0.29) is 6.10 Å². The van der Waals surface area contributed by atoms with Gasteiger partial charge in [0.15, 0.2) is 0 Å². The quantitative estimate of drug-likeness (QED) is 0.800. The highest BCUT2D eigenvalue weighted by molar-refractivity contribution is 5.22. The third-order valence-corrected chi connectivity index (χ3v) is 2.87. The van der Waals surface area contributed by atoms with Gasteiger partial charge in [-0.05, 0) is 34.6 Å². The van der Waals surface area contributed by atoms with Crippen molar-refractivity contribution in [2.75, 3.05) is 6.54 Å². The van der Waals surface area contributed by atoms with Crippen LogP contribution in [-0.2, 0) is 6.54 Å². The molecule has 0 aliphatic carbocycles. The lowest BCUT2D eigenvalue weighted by molar-refractivity contribution is 0.102. The molecule has 0 aromatic carbocycles. The van der Waals surface area contributed by atoms with Gasteiger partial charge in [-0.2, -0.15) is 5.10 Å². The summed E-state index contributed by atoms with van der Waals surface area (Å²) in [7, 11) is 0. The zero-order valence-electron chi connectivity index (χ0n) is 10.9. The lowest BCUT2D eigenvalue weighted by atomic mass is 10.1. The predicted molar refractivity (Wildman–Crippen MR) is 65.3 cm³/mol. The topological polar surface area (TPSA) is 52.2 Å². The number of H-pyrrole nitrogens is 1. The van der Waals surface area contributed by atoms with Crippen molar-refractivity contribution in [3.8, 4) is 0 Å². The summed E-state index contributed by atoms with van der Waals surface area (Å²) in [5.74, 6) is 0. The molecule has 0 spiro atoms. The largest absolute Gasteiger partial charge is 0.392 e. The maximum atomic E-state index is 9.47. The van der Waals surface area contributed by atoms with Crippen LogP contribution in [0.4, 0.5) is 0 Å². The summed E-state index contributed by atoms with van der Waals surface area (Å²) >= 11 is 0. The minimum atomic E-state index is -0.296. The van der Waals surface area contributed by atoms with Gasteiger partial charge in [0.2, 0.25) is 0 Å². The van der Waals surface area contributed by atoms with E-state index < -0.39 is 0 Å². The van der Waals surface area contributed by atoms with E-state index in [9.17, 15) is 5.11 Å². The number of hydrogen-bond acceptors (Lipinski definition) is 3. The Morgan fingerprint density at radius 1 is 1.31 bits per heavy atom. The van der Waals surface area contributed by atoms with Crippen molar-refractivity contribution < 1.29 is 5.11 Å². The molecule has 1 heterocycles. The highest BCUT2D eigenvalue weighted by Crippen LogP contribution is 2.14. The van der Waals surface area contributed by atoms with Crippen molar-refractivity contribution in [2.45, 2.75) is 53.3 Å². The number of aliphatic hydroxyl groups excluding tert-OH is 1. The van der Waals surface area contributed by atoms with Gasteiger partial charge < -0.3 is 5.11 Å². The van der Waals surface area contributed by atoms with E-state index >= 15 is 0 Å². The maximum Gasteiger partial charge on any atom is 0.0639 e. The summed E-state index contributed by atoms with van der Waals surface area (Å²) in [6.45, 7) is 11.7. The van der Waals surface area contributed by atoms with Crippen LogP contribution >= 0.6 is 0 Å². The Balaban J connectivity index is 2.75. The number of hydrogen-bond donors (Lipinski definition) is 2. The van der Waals surface area contributed by atoms with Gasteiger partial charge in [0.05, 0.1) is 11.8 Å². The number of aromatic nitrogens is 2. The summed E-state index contributed by atoms with van der Waals surface area (Å²) in [5, 5.41) is 16.7. The second kappa shape index (κ2) is 5.46. The Hall–Kier alpha value is -0.870. The summed E-state index contributed by atoms with van der Waals surface area (Å²) in [4.78, 5) is 2.26. The molecule has 4 nitrogen and oxygen atoms in total. The summed E-state index contributed by atoms with van der Waals surface area (Å²) in [6.07, 6.45) is -0.296. The molecule has 0 amide bonds. The molecule has 0 aliphatic rings. The third kappa shape index (κ3) is 3.32. The minimum Gasteiger partial charge on any atom is -0.392 e. The molecule has 1 aromatic heterocycles. The first kappa shape index (κ1) is 13.2. The first-order valence-electron chi connectivity index (χ1n) is 5.84. The first-order chi connectivity index (χ1) is 7.41. The van der Waals surface area contributed by atoms with E-state index in [1.807, 2.05) is 20.8 Å². The van der Waals surface area contributed by atoms with Crippen LogP contribution in [0.3, 0.4) is 0 Å². The molecule has 0 aliphatic heterocycles. The van der Waals surface area contributed by atoms with Crippen LogP contribution in [0.5, 0.6) is 0 Å². The Morgan fingerprint density at radius 3 is 2.31 bits per heavy atom. The zero-order valence-corrected chi connectivity index (χ0v) is 10.9. The number of nitrogens with zero attached hydrogens (tertiary/aromatic N) is 2. The molecule has 1 unspecified atom stereocenters. The van der Waals surface area contributed by atoms with Gasteiger partial charge in [0, 0.05) is 30.4 Å². The van der Waals surface area contributed by atoms with E-state index in [1.165, 1.54) is 5.56 Å². The van der Waals surface area contributed by atoms with Crippen molar-refractivity contribution in [1.82, 2.24) is 15.1 Å². The lowest BCUT2D eigenvalue weighted by Gasteiger charge is -2.27. The van der Waals surface area contributed by atoms with Crippen molar-refractivity contribution in [3.05, 3.63) is 17.0 Å². The molecule has 1 rings (SSSR count). The molecule has 0 saturated heterocycles. The first-order valence-corrected chi connectivity index (χ1v) is 5.84. The standard InChI is InChI=1S/C12H23N3O/c1-8(2)15(6-9(3)16)7-12-10(4)13-14-11(12)5/h8-9,16H,6-7H2,1-5H3,(H,13,14). The van der Waals surface area contributed by atoms with Crippen LogP contribution in [0.1, 0.15) is 37.7 Å². The average molecular weight is 225 g/mol. The normalized spacial score (nSPS) is 13.8. The molecular weight excluding hydrogens is 202 g/mol. The van der Waals surface area contributed by atoms with Gasteiger partial charge in [-0.15, -0.1) is 0 Å². The number of rotatable bonds is 5. The summed E-state index contributed by atoms with van der Waals surface area (Å²) in [6, 6.07) is 0.420. The Kier molecular flexibility index (Phi) is 4.50. The number of aromatic amines is 1. The van der Waals surface area contributed by atoms with Crippen LogP contribution in [-0.4, -0.2) is 38.9 Å². The fourth-order valence-corrected chi connectivity index (χ4v) is 1.81. The molecule has 1 aromatic rings. The second-order valence-corrected chi connectivity index (χ2v) is 4.78. The highest BCUT2D eigenvalue weighted by Gasteiger charge is 2.16. The molecule has 0 fully saturated rings. The van der Waals surface area contributed by atoms with Crippen LogP contribution in [0.2, 0.25) is 0 Å². The molecule has 0 bridgehead atoms. The van der Waals surface area contributed by atoms with Gasteiger partial charge in [-0.1, -0.05) is 0 Å². The van der Waals surface area contributed by atoms with Crippen molar-refractivity contribution in [2.24, 2.45) is 0 Å². The molecule has 0 radical (unpaired) electrons. The number of aryl methyl sites for hydroxylation is 2. The van der Waals surface area contributed by atoms with Gasteiger partial charge in [0.1, 0.15) is 0 Å². The smallest absolute Gasteiger partial charge is 0.0639 e. The van der Waals surface area contributed by atoms with E-state index in [0.717, 1.165) is 17.9 Å². The monoisotopic (exact) mass is 225 g/mol. The maximum absolute atomic E-state index is 9.47. The van der Waals surface area contributed by atoms with Crippen molar-refractivity contribution >= 4 is 0 Å². The van der Waals surface area contributed by atoms with E-state index in [0.29, 0.717) is 12.6 Å². The van der Waals surface area contributed by atoms with Crippen LogP contribution < -0.4 is 0 Å². The molecule has 16 heavy (non-hydrogen) atoms. The van der Waals surface area contributed by atoms with Crippen LogP contribution in [0.15, 0.2) is 0 Å². The van der Waals surface area contributed by atoms with Gasteiger partial charge in [-0.3, -0.25) is 10.00 Å². The zero-order chi connectivity index (χ0) is 12.3. The van der Waals surface area contributed by atoms with E-state index in [2.05, 4.69) is 28.9 Å². The number of aliphatic hydroxyl groups is 1. The number of nitrogens with one attached hydrogen (secondary N) is 1. The molecule has 4 heteroatoms. The lowest BCUT2D eigenvalue weighted by Crippen LogP contribution is -2.36. The molecular formula is C12H23N3O. The fraction of sp³-hybridized carbons (Fsp3) is 0.750. The van der Waals surface area contributed by atoms with Crippen molar-refractivity contribution in [1.29, 1.82) is 0 Å². The average Bonchev–Trinajstić information content (AvgIpc) is 2.47. The van der Waals surface area contributed by atoms with Crippen LogP contribution in [0, 0.1) is 13.8 Å². The highest BCUT2D eigenvalue weighted by atomic mass is 16.3. The summed E-state index contributed by atoms with van der Waals surface area (Å²) in [5.41, 5.74) is 3.41. The van der Waals surface area contributed by atoms with Gasteiger partial charge in [-0.25, -0.2) is 0 Å².